The molecule has 0 fully saturated rings. The predicted octanol–water partition coefficient (Wildman–Crippen LogP) is 2.02. The molecule has 0 aliphatic carbocycles. The fraction of sp³-hybridized carbons (Fsp3) is 0.500. The lowest BCUT2D eigenvalue weighted by Gasteiger charge is -2.21. The van der Waals surface area contributed by atoms with E-state index in [1.807, 2.05) is 0 Å². The third-order valence-corrected chi connectivity index (χ3v) is 3.52. The van der Waals surface area contributed by atoms with Crippen molar-refractivity contribution in [3.8, 4) is 11.5 Å². The second-order valence-electron chi connectivity index (χ2n) is 6.97. The SMILES string of the molecule is COc1c(COC(=O)N[C@@H](CC(=O)OC(C)(C)C)C(=O)O)ccc([N+](=O)[O-])c1OC. The van der Waals surface area contributed by atoms with E-state index >= 15 is 0 Å². The highest BCUT2D eigenvalue weighted by molar-refractivity contribution is 5.85. The molecule has 0 aliphatic rings. The van der Waals surface area contributed by atoms with Crippen LogP contribution in [0.3, 0.4) is 0 Å². The minimum absolute atomic E-state index is 0.0111. The van der Waals surface area contributed by atoms with Gasteiger partial charge < -0.3 is 29.4 Å². The van der Waals surface area contributed by atoms with E-state index in [1.54, 1.807) is 20.8 Å². The fourth-order valence-corrected chi connectivity index (χ4v) is 2.35. The van der Waals surface area contributed by atoms with Crippen molar-refractivity contribution in [1.82, 2.24) is 5.32 Å². The standard InChI is InChI=1S/C18H24N2O10/c1-18(2,3)30-13(21)8-11(16(22)23)19-17(24)29-9-10-6-7-12(20(25)26)15(28-5)14(10)27-4/h6-7,11H,8-9H2,1-5H3,(H,19,24)(H,22,23)/t11-/m0/s1. The first-order valence-corrected chi connectivity index (χ1v) is 8.65. The van der Waals surface area contributed by atoms with Crippen LogP contribution in [0.1, 0.15) is 32.8 Å². The molecular weight excluding hydrogens is 404 g/mol. The smallest absolute Gasteiger partial charge is 0.408 e. The molecule has 0 aliphatic heterocycles. The number of esters is 1. The van der Waals surface area contributed by atoms with Crippen LogP contribution in [0.2, 0.25) is 0 Å². The molecule has 166 valence electrons. The Labute approximate surface area is 172 Å². The molecule has 0 unspecified atom stereocenters. The minimum atomic E-state index is -1.57. The molecule has 1 aromatic carbocycles. The number of carbonyl (C=O) groups is 3. The number of rotatable bonds is 9. The number of benzene rings is 1. The number of hydrogen-bond donors (Lipinski definition) is 2. The number of carboxylic acids is 1. The number of methoxy groups -OCH3 is 2. The number of carbonyl (C=O) groups excluding carboxylic acids is 2. The Morgan fingerprint density at radius 1 is 1.17 bits per heavy atom. The molecule has 12 heteroatoms. The summed E-state index contributed by atoms with van der Waals surface area (Å²) >= 11 is 0. The fourth-order valence-electron chi connectivity index (χ4n) is 2.35. The number of aliphatic carboxylic acids is 1. The average molecular weight is 428 g/mol. The summed E-state index contributed by atoms with van der Waals surface area (Å²) in [5, 5.41) is 22.3. The van der Waals surface area contributed by atoms with Gasteiger partial charge in [-0.2, -0.15) is 0 Å². The molecule has 2 N–H and O–H groups in total. The highest BCUT2D eigenvalue weighted by Crippen LogP contribution is 2.39. The monoisotopic (exact) mass is 428 g/mol. The molecular formula is C18H24N2O10. The number of hydrogen-bond acceptors (Lipinski definition) is 9. The molecule has 1 aromatic rings. The summed E-state index contributed by atoms with van der Waals surface area (Å²) in [6.45, 7) is 4.46. The maximum absolute atomic E-state index is 12.0. The Kier molecular flexibility index (Phi) is 8.38. The Hall–Kier alpha value is -3.57. The summed E-state index contributed by atoms with van der Waals surface area (Å²) in [4.78, 5) is 45.5. The van der Waals surface area contributed by atoms with Gasteiger partial charge in [0.25, 0.3) is 0 Å². The average Bonchev–Trinajstić information content (AvgIpc) is 2.62. The van der Waals surface area contributed by atoms with Crippen LogP contribution in [0.15, 0.2) is 12.1 Å². The third-order valence-electron chi connectivity index (χ3n) is 3.52. The van der Waals surface area contributed by atoms with Gasteiger partial charge in [-0.25, -0.2) is 9.59 Å². The van der Waals surface area contributed by atoms with E-state index in [0.29, 0.717) is 0 Å². The lowest BCUT2D eigenvalue weighted by atomic mass is 10.1. The first-order chi connectivity index (χ1) is 13.9. The van der Waals surface area contributed by atoms with Crippen LogP contribution >= 0.6 is 0 Å². The van der Waals surface area contributed by atoms with Crippen LogP contribution in [-0.4, -0.2) is 53.9 Å². The van der Waals surface area contributed by atoms with Gasteiger partial charge in [0, 0.05) is 11.6 Å². The maximum atomic E-state index is 12.0. The van der Waals surface area contributed by atoms with Crippen molar-refractivity contribution in [2.75, 3.05) is 14.2 Å². The van der Waals surface area contributed by atoms with Crippen LogP contribution in [0.25, 0.3) is 0 Å². The van der Waals surface area contributed by atoms with Gasteiger partial charge in [-0.1, -0.05) is 0 Å². The number of nitro groups is 1. The normalized spacial score (nSPS) is 11.8. The number of ether oxygens (including phenoxy) is 4. The van der Waals surface area contributed by atoms with Gasteiger partial charge in [-0.3, -0.25) is 14.9 Å². The van der Waals surface area contributed by atoms with Gasteiger partial charge in [0.2, 0.25) is 5.75 Å². The molecule has 0 saturated heterocycles. The van der Waals surface area contributed by atoms with Gasteiger partial charge in [0.15, 0.2) is 5.75 Å². The van der Waals surface area contributed by atoms with Crippen LogP contribution in [-0.2, 0) is 25.7 Å². The molecule has 0 radical (unpaired) electrons. The van der Waals surface area contributed by atoms with E-state index in [0.717, 1.165) is 6.07 Å². The predicted molar refractivity (Wildman–Crippen MR) is 101 cm³/mol. The number of nitrogens with one attached hydrogen (secondary N) is 1. The third kappa shape index (κ3) is 7.11. The lowest BCUT2D eigenvalue weighted by molar-refractivity contribution is -0.385. The summed E-state index contributed by atoms with van der Waals surface area (Å²) in [6.07, 6.45) is -1.72. The van der Waals surface area contributed by atoms with Crippen LogP contribution in [0, 0.1) is 10.1 Å². The van der Waals surface area contributed by atoms with Crippen molar-refractivity contribution in [2.45, 2.75) is 45.4 Å². The summed E-state index contributed by atoms with van der Waals surface area (Å²) in [6, 6.07) is 0.892. The van der Waals surface area contributed by atoms with Crippen molar-refractivity contribution in [2.24, 2.45) is 0 Å². The van der Waals surface area contributed by atoms with Crippen molar-refractivity contribution in [3.05, 3.63) is 27.8 Å². The van der Waals surface area contributed by atoms with E-state index in [4.69, 9.17) is 18.9 Å². The largest absolute Gasteiger partial charge is 0.492 e. The molecule has 0 saturated carbocycles. The van der Waals surface area contributed by atoms with E-state index in [2.05, 4.69) is 5.32 Å². The van der Waals surface area contributed by atoms with E-state index in [9.17, 15) is 29.6 Å². The van der Waals surface area contributed by atoms with Gasteiger partial charge in [0.05, 0.1) is 25.6 Å². The Morgan fingerprint density at radius 3 is 2.23 bits per heavy atom. The number of nitrogens with zero attached hydrogens (tertiary/aromatic N) is 1. The molecule has 12 nitrogen and oxygen atoms in total. The van der Waals surface area contributed by atoms with Crippen molar-refractivity contribution in [1.29, 1.82) is 0 Å². The first kappa shape index (κ1) is 24.5. The van der Waals surface area contributed by atoms with E-state index < -0.39 is 47.6 Å². The van der Waals surface area contributed by atoms with Crippen LogP contribution in [0.5, 0.6) is 11.5 Å². The van der Waals surface area contributed by atoms with E-state index in [-0.39, 0.29) is 22.7 Å². The Morgan fingerprint density at radius 2 is 1.77 bits per heavy atom. The second-order valence-corrected chi connectivity index (χ2v) is 6.97. The molecule has 1 amide bonds. The zero-order chi connectivity index (χ0) is 23.1. The van der Waals surface area contributed by atoms with Gasteiger partial charge >= 0.3 is 23.7 Å². The Balaban J connectivity index is 2.84. The quantitative estimate of drug-likeness (QED) is 0.338. The first-order valence-electron chi connectivity index (χ1n) is 8.65. The maximum Gasteiger partial charge on any atom is 0.408 e. The van der Waals surface area contributed by atoms with Crippen molar-refractivity contribution in [3.63, 3.8) is 0 Å². The molecule has 0 bridgehead atoms. The summed E-state index contributed by atoms with van der Waals surface area (Å²) in [5.74, 6) is -2.43. The summed E-state index contributed by atoms with van der Waals surface area (Å²) < 4.78 is 20.1. The molecule has 0 aromatic heterocycles. The minimum Gasteiger partial charge on any atom is -0.492 e. The van der Waals surface area contributed by atoms with E-state index in [1.165, 1.54) is 20.3 Å². The van der Waals surface area contributed by atoms with Gasteiger partial charge in [0.1, 0.15) is 18.2 Å². The number of alkyl carbamates (subject to hydrolysis) is 1. The van der Waals surface area contributed by atoms with Gasteiger partial charge in [-0.05, 0) is 26.8 Å². The number of nitro benzene ring substituents is 1. The molecule has 30 heavy (non-hydrogen) atoms. The number of carboxylic acid groups (broad SMARTS) is 1. The van der Waals surface area contributed by atoms with Gasteiger partial charge in [-0.15, -0.1) is 0 Å². The number of amides is 1. The van der Waals surface area contributed by atoms with Crippen LogP contribution in [0.4, 0.5) is 10.5 Å². The molecule has 0 heterocycles. The zero-order valence-electron chi connectivity index (χ0n) is 17.2. The second kappa shape index (κ2) is 10.3. The zero-order valence-corrected chi connectivity index (χ0v) is 17.2. The summed E-state index contributed by atoms with van der Waals surface area (Å²) in [5.41, 5.74) is -0.911. The van der Waals surface area contributed by atoms with Crippen molar-refractivity contribution >= 4 is 23.7 Å². The Bertz CT molecular complexity index is 816. The topological polar surface area (TPSA) is 164 Å². The molecule has 0 spiro atoms. The molecule has 1 atom stereocenters. The highest BCUT2D eigenvalue weighted by Gasteiger charge is 2.28. The molecule has 1 rings (SSSR count). The summed E-state index contributed by atoms with van der Waals surface area (Å²) in [7, 11) is 2.47. The van der Waals surface area contributed by atoms with Crippen LogP contribution < -0.4 is 14.8 Å². The van der Waals surface area contributed by atoms with Crippen molar-refractivity contribution < 1.29 is 43.4 Å². The lowest BCUT2D eigenvalue weighted by Crippen LogP contribution is -2.43. The highest BCUT2D eigenvalue weighted by atomic mass is 16.6.